The summed E-state index contributed by atoms with van der Waals surface area (Å²) in [6.45, 7) is 0. The van der Waals surface area contributed by atoms with Gasteiger partial charge in [0.2, 0.25) is 0 Å². The van der Waals surface area contributed by atoms with Crippen molar-refractivity contribution in [3.63, 3.8) is 0 Å². The van der Waals surface area contributed by atoms with E-state index < -0.39 is 10.1 Å². The molecule has 0 atom stereocenters. The van der Waals surface area contributed by atoms with E-state index in [0.29, 0.717) is 16.6 Å². The van der Waals surface area contributed by atoms with Gasteiger partial charge in [-0.3, -0.25) is 4.79 Å². The van der Waals surface area contributed by atoms with E-state index in [1.54, 1.807) is 48.5 Å². The zero-order valence-corrected chi connectivity index (χ0v) is 15.7. The molecule has 0 aliphatic rings. The van der Waals surface area contributed by atoms with Crippen molar-refractivity contribution < 1.29 is 47.3 Å². The Hall–Kier alpha value is -1.70. The van der Waals surface area contributed by atoms with Gasteiger partial charge in [0, 0.05) is 22.0 Å². The van der Waals surface area contributed by atoms with Crippen molar-refractivity contribution in [3.05, 3.63) is 72.3 Å². The maximum atomic E-state index is 12.2. The van der Waals surface area contributed by atoms with Gasteiger partial charge < -0.3 is 9.87 Å². The van der Waals surface area contributed by atoms with Gasteiger partial charge in [-0.1, -0.05) is 42.5 Å². The molecule has 3 rings (SSSR count). The van der Waals surface area contributed by atoms with Gasteiger partial charge in [0.15, 0.2) is 0 Å². The van der Waals surface area contributed by atoms with Crippen molar-refractivity contribution >= 4 is 32.5 Å². The van der Waals surface area contributed by atoms with Crippen molar-refractivity contribution in [2.24, 2.45) is 0 Å². The largest absolute Gasteiger partial charge is 1.00 e. The number of fused-ring (bicyclic) bond motifs is 1. The number of hydrogen-bond donors (Lipinski definition) is 1. The quantitative estimate of drug-likeness (QED) is 0.533. The van der Waals surface area contributed by atoms with Crippen LogP contribution < -0.4 is 34.9 Å². The molecule has 0 unspecified atom stereocenters. The fraction of sp³-hybridized carbons (Fsp3) is 0. The second kappa shape index (κ2) is 7.46. The van der Waals surface area contributed by atoms with E-state index in [2.05, 4.69) is 5.32 Å². The molecule has 7 heteroatoms. The van der Waals surface area contributed by atoms with Crippen LogP contribution in [0.4, 0.5) is 5.69 Å². The summed E-state index contributed by atoms with van der Waals surface area (Å²) < 4.78 is 34.1. The molecule has 3 aromatic carbocycles. The molecule has 0 aliphatic heterocycles. The molecular weight excluding hydrogens is 337 g/mol. The number of nitrogens with one attached hydrogen (secondary N) is 1. The maximum Gasteiger partial charge on any atom is 1.00 e. The average molecular weight is 349 g/mol. The van der Waals surface area contributed by atoms with Crippen LogP contribution >= 0.6 is 0 Å². The van der Waals surface area contributed by atoms with E-state index in [1.807, 2.05) is 0 Å². The Kier molecular flexibility index (Phi) is 5.79. The van der Waals surface area contributed by atoms with Gasteiger partial charge in [-0.2, -0.15) is 0 Å². The Morgan fingerprint density at radius 3 is 2.04 bits per heavy atom. The van der Waals surface area contributed by atoms with E-state index in [0.717, 1.165) is 0 Å². The van der Waals surface area contributed by atoms with Crippen LogP contribution in [0, 0.1) is 0 Å². The molecule has 0 aliphatic carbocycles. The first-order chi connectivity index (χ1) is 11.0. The van der Waals surface area contributed by atoms with E-state index >= 15 is 0 Å². The standard InChI is InChI=1S/C17H13NO4S.Na/c19-17(12-6-2-1-3-7-12)18-15-10-11-16(23(20,21)22)14-9-5-4-8-13(14)15;/h1-11H,(H,18,19)(H,20,21,22);/q;+1/p-1. The molecule has 0 spiro atoms. The summed E-state index contributed by atoms with van der Waals surface area (Å²) >= 11 is 0. The summed E-state index contributed by atoms with van der Waals surface area (Å²) in [4.78, 5) is 11.9. The summed E-state index contributed by atoms with van der Waals surface area (Å²) in [7, 11) is -4.59. The topological polar surface area (TPSA) is 86.3 Å². The number of amides is 1. The van der Waals surface area contributed by atoms with Crippen LogP contribution in [0.15, 0.2) is 71.6 Å². The monoisotopic (exact) mass is 349 g/mol. The summed E-state index contributed by atoms with van der Waals surface area (Å²) in [5, 5.41) is 3.52. The van der Waals surface area contributed by atoms with Crippen LogP contribution in [0.3, 0.4) is 0 Å². The molecule has 116 valence electrons. The fourth-order valence-electron chi connectivity index (χ4n) is 2.38. The molecule has 0 heterocycles. The number of carbonyl (C=O) groups is 1. The minimum absolute atomic E-state index is 0. The summed E-state index contributed by atoms with van der Waals surface area (Å²) in [6, 6.07) is 17.8. The van der Waals surface area contributed by atoms with Crippen molar-refractivity contribution in [2.75, 3.05) is 5.32 Å². The Balaban J connectivity index is 0.00000208. The number of anilines is 1. The molecule has 0 saturated heterocycles. The van der Waals surface area contributed by atoms with Gasteiger partial charge >= 0.3 is 29.6 Å². The molecule has 3 aromatic rings. The first-order valence-corrected chi connectivity index (χ1v) is 8.22. The van der Waals surface area contributed by atoms with Crippen LogP contribution in [0.25, 0.3) is 10.8 Å². The average Bonchev–Trinajstić information content (AvgIpc) is 2.55. The van der Waals surface area contributed by atoms with Gasteiger partial charge in [-0.15, -0.1) is 0 Å². The van der Waals surface area contributed by atoms with Crippen molar-refractivity contribution in [1.29, 1.82) is 0 Å². The summed E-state index contributed by atoms with van der Waals surface area (Å²) in [5.74, 6) is -0.312. The molecule has 0 fully saturated rings. The Morgan fingerprint density at radius 2 is 1.42 bits per heavy atom. The number of rotatable bonds is 3. The van der Waals surface area contributed by atoms with Crippen molar-refractivity contribution in [2.45, 2.75) is 4.90 Å². The predicted octanol–water partition coefficient (Wildman–Crippen LogP) is 0.000200. The van der Waals surface area contributed by atoms with E-state index in [-0.39, 0.29) is 45.7 Å². The molecule has 0 saturated carbocycles. The number of benzene rings is 3. The third-order valence-corrected chi connectivity index (χ3v) is 4.33. The number of hydrogen-bond acceptors (Lipinski definition) is 4. The Morgan fingerprint density at radius 1 is 0.833 bits per heavy atom. The number of carbonyl (C=O) groups excluding carboxylic acids is 1. The fourth-order valence-corrected chi connectivity index (χ4v) is 3.06. The molecule has 0 aromatic heterocycles. The van der Waals surface area contributed by atoms with Crippen molar-refractivity contribution in [3.8, 4) is 0 Å². The van der Waals surface area contributed by atoms with Crippen molar-refractivity contribution in [1.82, 2.24) is 0 Å². The van der Waals surface area contributed by atoms with E-state index in [9.17, 15) is 17.8 Å². The second-order valence-electron chi connectivity index (χ2n) is 4.93. The van der Waals surface area contributed by atoms with Crippen LogP contribution in [0.1, 0.15) is 10.4 Å². The van der Waals surface area contributed by atoms with Gasteiger partial charge in [0.1, 0.15) is 10.1 Å². The van der Waals surface area contributed by atoms with Gasteiger partial charge in [-0.05, 0) is 24.3 Å². The Bertz CT molecular complexity index is 988. The SMILES string of the molecule is O=C(Nc1ccc(S(=O)(=O)[O-])c2ccccc12)c1ccccc1.[Na+]. The van der Waals surface area contributed by atoms with Crippen LogP contribution in [-0.4, -0.2) is 18.9 Å². The molecular formula is C17H12NNaO4S. The minimum atomic E-state index is -4.59. The molecule has 1 N–H and O–H groups in total. The third-order valence-electron chi connectivity index (χ3n) is 3.44. The predicted molar refractivity (Wildman–Crippen MR) is 86.3 cm³/mol. The minimum Gasteiger partial charge on any atom is -0.744 e. The van der Waals surface area contributed by atoms with Crippen LogP contribution in [0.2, 0.25) is 0 Å². The van der Waals surface area contributed by atoms with Gasteiger partial charge in [-0.25, -0.2) is 8.42 Å². The first kappa shape index (κ1) is 18.6. The molecule has 5 nitrogen and oxygen atoms in total. The van der Waals surface area contributed by atoms with Crippen LogP contribution in [-0.2, 0) is 10.1 Å². The van der Waals surface area contributed by atoms with Gasteiger partial charge in [0.05, 0.1) is 4.90 Å². The third kappa shape index (κ3) is 3.85. The van der Waals surface area contributed by atoms with Crippen LogP contribution in [0.5, 0.6) is 0 Å². The van der Waals surface area contributed by atoms with Gasteiger partial charge in [0.25, 0.3) is 5.91 Å². The summed E-state index contributed by atoms with van der Waals surface area (Å²) in [5.41, 5.74) is 0.930. The Labute approximate surface area is 161 Å². The molecule has 0 radical (unpaired) electrons. The molecule has 24 heavy (non-hydrogen) atoms. The second-order valence-corrected chi connectivity index (χ2v) is 6.28. The maximum absolute atomic E-state index is 12.2. The molecule has 1 amide bonds. The smallest absolute Gasteiger partial charge is 0.744 e. The first-order valence-electron chi connectivity index (χ1n) is 6.81. The zero-order chi connectivity index (χ0) is 16.4. The van der Waals surface area contributed by atoms with E-state index in [4.69, 9.17) is 0 Å². The molecule has 0 bridgehead atoms. The summed E-state index contributed by atoms with van der Waals surface area (Å²) in [6.07, 6.45) is 0. The van der Waals surface area contributed by atoms with E-state index in [1.165, 1.54) is 18.2 Å². The zero-order valence-electron chi connectivity index (χ0n) is 12.9. The normalized spacial score (nSPS) is 10.9.